The molecule has 5 heteroatoms. The number of fused-ring (bicyclic) bond motifs is 2. The maximum Gasteiger partial charge on any atom is 0.139 e. The molecule has 3 unspecified atom stereocenters. The molecule has 5 rings (SSSR count). The third-order valence-electron chi connectivity index (χ3n) is 6.75. The molecule has 3 aromatic rings. The summed E-state index contributed by atoms with van der Waals surface area (Å²) in [7, 11) is 6.39. The summed E-state index contributed by atoms with van der Waals surface area (Å²) in [5.41, 5.74) is 4.51. The number of aromatic nitrogens is 2. The SMILES string of the molecule is CN(C)C1CN(C2CCc3cccc(F)c32)CC1c1cn(C)c2ncccc12. The smallest absolute Gasteiger partial charge is 0.139 e. The predicted octanol–water partition coefficient (Wildman–Crippen LogP) is 3.73. The normalized spacial score (nSPS) is 25.1. The second-order valence-corrected chi connectivity index (χ2v) is 8.53. The first-order valence-electron chi connectivity index (χ1n) is 10.1. The zero-order valence-electron chi connectivity index (χ0n) is 16.8. The number of aryl methyl sites for hydroxylation is 2. The van der Waals surface area contributed by atoms with Crippen LogP contribution in [0.4, 0.5) is 4.39 Å². The van der Waals surface area contributed by atoms with Gasteiger partial charge in [0.15, 0.2) is 0 Å². The second-order valence-electron chi connectivity index (χ2n) is 8.53. The summed E-state index contributed by atoms with van der Waals surface area (Å²) in [5.74, 6) is 0.345. The summed E-state index contributed by atoms with van der Waals surface area (Å²) >= 11 is 0. The lowest BCUT2D eigenvalue weighted by Crippen LogP contribution is -2.35. The molecule has 1 aromatic carbocycles. The van der Waals surface area contributed by atoms with Crippen molar-refractivity contribution in [2.75, 3.05) is 27.2 Å². The van der Waals surface area contributed by atoms with E-state index in [4.69, 9.17) is 0 Å². The highest BCUT2D eigenvalue weighted by Gasteiger charge is 2.42. The van der Waals surface area contributed by atoms with Crippen molar-refractivity contribution >= 4 is 11.0 Å². The fraction of sp³-hybridized carbons (Fsp3) is 0.435. The lowest BCUT2D eigenvalue weighted by atomic mass is 9.94. The molecule has 3 heterocycles. The first-order chi connectivity index (χ1) is 13.5. The standard InChI is InChI=1S/C23H27FN4/c1-26(2)21-14-28(20-10-9-15-6-4-8-19(24)22(15)20)13-18(21)17-12-27(3)23-16(17)7-5-11-25-23/h4-8,11-12,18,20-21H,9-10,13-14H2,1-3H3. The van der Waals surface area contributed by atoms with Gasteiger partial charge in [-0.3, -0.25) is 4.90 Å². The van der Waals surface area contributed by atoms with E-state index >= 15 is 0 Å². The molecule has 0 N–H and O–H groups in total. The molecule has 1 fully saturated rings. The molecule has 0 bridgehead atoms. The summed E-state index contributed by atoms with van der Waals surface area (Å²) < 4.78 is 16.8. The largest absolute Gasteiger partial charge is 0.335 e. The van der Waals surface area contributed by atoms with E-state index in [1.807, 2.05) is 18.3 Å². The Balaban J connectivity index is 1.52. The molecule has 4 nitrogen and oxygen atoms in total. The van der Waals surface area contributed by atoms with E-state index < -0.39 is 0 Å². The summed E-state index contributed by atoms with van der Waals surface area (Å²) in [4.78, 5) is 9.41. The fourth-order valence-electron chi connectivity index (χ4n) is 5.41. The molecule has 2 aliphatic rings. The average molecular weight is 378 g/mol. The van der Waals surface area contributed by atoms with Gasteiger partial charge in [0.05, 0.1) is 0 Å². The Bertz CT molecular complexity index is 1020. The van der Waals surface area contributed by atoms with E-state index in [-0.39, 0.29) is 11.9 Å². The molecule has 0 spiro atoms. The Kier molecular flexibility index (Phi) is 4.25. The Morgan fingerprint density at radius 1 is 1.14 bits per heavy atom. The highest BCUT2D eigenvalue weighted by molar-refractivity contribution is 5.81. The molecule has 0 radical (unpaired) electrons. The van der Waals surface area contributed by atoms with Crippen LogP contribution in [0.25, 0.3) is 11.0 Å². The van der Waals surface area contributed by atoms with Gasteiger partial charge in [-0.15, -0.1) is 0 Å². The molecule has 1 saturated heterocycles. The topological polar surface area (TPSA) is 24.3 Å². The first-order valence-corrected chi connectivity index (χ1v) is 10.1. The minimum atomic E-state index is -0.0424. The van der Waals surface area contributed by atoms with E-state index in [0.29, 0.717) is 12.0 Å². The summed E-state index contributed by atoms with van der Waals surface area (Å²) in [5, 5.41) is 1.24. The molecule has 28 heavy (non-hydrogen) atoms. The van der Waals surface area contributed by atoms with Crippen molar-refractivity contribution < 1.29 is 4.39 Å². The van der Waals surface area contributed by atoms with Gasteiger partial charge >= 0.3 is 0 Å². The van der Waals surface area contributed by atoms with Crippen LogP contribution in [0.15, 0.2) is 42.7 Å². The number of halogens is 1. The van der Waals surface area contributed by atoms with Crippen LogP contribution in [0.2, 0.25) is 0 Å². The van der Waals surface area contributed by atoms with Gasteiger partial charge in [-0.25, -0.2) is 9.37 Å². The Labute approximate surface area is 165 Å². The van der Waals surface area contributed by atoms with Crippen LogP contribution in [-0.4, -0.2) is 52.6 Å². The second kappa shape index (κ2) is 6.68. The monoisotopic (exact) mass is 378 g/mol. The number of rotatable bonds is 3. The molecule has 0 saturated carbocycles. The van der Waals surface area contributed by atoms with Gasteiger partial charge in [-0.05, 0) is 56.3 Å². The third kappa shape index (κ3) is 2.68. The molecule has 1 aliphatic heterocycles. The van der Waals surface area contributed by atoms with Crippen LogP contribution in [0.1, 0.15) is 35.1 Å². The molecule has 0 amide bonds. The van der Waals surface area contributed by atoms with E-state index in [1.54, 1.807) is 6.07 Å². The van der Waals surface area contributed by atoms with Crippen molar-refractivity contribution in [1.82, 2.24) is 19.4 Å². The van der Waals surface area contributed by atoms with Gasteiger partial charge in [0.2, 0.25) is 0 Å². The van der Waals surface area contributed by atoms with Gasteiger partial charge in [-0.2, -0.15) is 0 Å². The summed E-state index contributed by atoms with van der Waals surface area (Å²) in [6.45, 7) is 1.92. The maximum absolute atomic E-state index is 14.6. The molecule has 2 aromatic heterocycles. The Hall–Kier alpha value is -2.24. The van der Waals surface area contributed by atoms with Gasteiger partial charge < -0.3 is 9.47 Å². The van der Waals surface area contributed by atoms with Crippen LogP contribution in [0.5, 0.6) is 0 Å². The van der Waals surface area contributed by atoms with E-state index in [2.05, 4.69) is 58.8 Å². The van der Waals surface area contributed by atoms with Crippen LogP contribution < -0.4 is 0 Å². The number of nitrogens with zero attached hydrogens (tertiary/aromatic N) is 4. The lowest BCUT2D eigenvalue weighted by molar-refractivity contribution is 0.213. The van der Waals surface area contributed by atoms with Crippen molar-refractivity contribution in [2.24, 2.45) is 7.05 Å². The quantitative estimate of drug-likeness (QED) is 0.694. The van der Waals surface area contributed by atoms with Crippen molar-refractivity contribution in [2.45, 2.75) is 30.8 Å². The highest BCUT2D eigenvalue weighted by atomic mass is 19.1. The van der Waals surface area contributed by atoms with Crippen molar-refractivity contribution in [3.8, 4) is 0 Å². The number of likely N-dealkylation sites (N-methyl/N-ethyl adjacent to an activating group) is 1. The minimum absolute atomic E-state index is 0.0424. The summed E-state index contributed by atoms with van der Waals surface area (Å²) in [6.07, 6.45) is 6.09. The van der Waals surface area contributed by atoms with Crippen molar-refractivity contribution in [1.29, 1.82) is 0 Å². The van der Waals surface area contributed by atoms with Gasteiger partial charge in [0.25, 0.3) is 0 Å². The lowest BCUT2D eigenvalue weighted by Gasteiger charge is -2.26. The van der Waals surface area contributed by atoms with Crippen LogP contribution in [-0.2, 0) is 13.5 Å². The zero-order chi connectivity index (χ0) is 19.4. The van der Waals surface area contributed by atoms with Gasteiger partial charge in [-0.1, -0.05) is 12.1 Å². The number of hydrogen-bond donors (Lipinski definition) is 0. The average Bonchev–Trinajstić information content (AvgIpc) is 3.37. The van der Waals surface area contributed by atoms with Crippen molar-refractivity contribution in [3.63, 3.8) is 0 Å². The predicted molar refractivity (Wildman–Crippen MR) is 110 cm³/mol. The molecular formula is C23H27FN4. The van der Waals surface area contributed by atoms with Crippen molar-refractivity contribution in [3.05, 3.63) is 65.2 Å². The number of pyridine rings is 1. The Morgan fingerprint density at radius 2 is 2.00 bits per heavy atom. The van der Waals surface area contributed by atoms with E-state index in [1.165, 1.54) is 16.5 Å². The van der Waals surface area contributed by atoms with Gasteiger partial charge in [0.1, 0.15) is 11.5 Å². The highest BCUT2D eigenvalue weighted by Crippen LogP contribution is 2.43. The van der Waals surface area contributed by atoms with E-state index in [0.717, 1.165) is 37.1 Å². The first kappa shape index (κ1) is 17.8. The molecule has 146 valence electrons. The minimum Gasteiger partial charge on any atom is -0.335 e. The van der Waals surface area contributed by atoms with E-state index in [9.17, 15) is 4.39 Å². The fourth-order valence-corrected chi connectivity index (χ4v) is 5.41. The zero-order valence-corrected chi connectivity index (χ0v) is 16.8. The van der Waals surface area contributed by atoms with Crippen LogP contribution in [0.3, 0.4) is 0 Å². The molecule has 3 atom stereocenters. The van der Waals surface area contributed by atoms with Gasteiger partial charge in [0, 0.05) is 61.5 Å². The third-order valence-corrected chi connectivity index (χ3v) is 6.75. The number of likely N-dealkylation sites (tertiary alicyclic amines) is 1. The summed E-state index contributed by atoms with van der Waals surface area (Å²) in [6, 6.07) is 10.3. The molecular weight excluding hydrogens is 351 g/mol. The number of hydrogen-bond acceptors (Lipinski definition) is 3. The van der Waals surface area contributed by atoms with Crippen LogP contribution >= 0.6 is 0 Å². The Morgan fingerprint density at radius 3 is 2.82 bits per heavy atom. The maximum atomic E-state index is 14.6. The number of benzene rings is 1. The van der Waals surface area contributed by atoms with Crippen LogP contribution in [0, 0.1) is 5.82 Å². The molecule has 1 aliphatic carbocycles.